The molecule has 0 saturated carbocycles. The van der Waals surface area contributed by atoms with Gasteiger partial charge < -0.3 is 20.5 Å². The zero-order valence-corrected chi connectivity index (χ0v) is 12.4. The zero-order valence-electron chi connectivity index (χ0n) is 12.4. The third-order valence-electron chi connectivity index (χ3n) is 3.15. The summed E-state index contributed by atoms with van der Waals surface area (Å²) in [4.78, 5) is 11.9. The summed E-state index contributed by atoms with van der Waals surface area (Å²) in [5, 5.41) is 15.0. The van der Waals surface area contributed by atoms with E-state index in [0.717, 1.165) is 24.2 Å². The number of aliphatic hydroxyl groups is 1. The Balaban J connectivity index is 2.50. The Bertz CT molecular complexity index is 437. The number of ether oxygens (including phenoxy) is 1. The predicted molar refractivity (Wildman–Crippen MR) is 78.8 cm³/mol. The summed E-state index contributed by atoms with van der Waals surface area (Å²) in [5.74, 6) is 0.760. The molecule has 2 amide bonds. The largest absolute Gasteiger partial charge is 0.497 e. The number of carbonyl (C=O) groups is 1. The van der Waals surface area contributed by atoms with Gasteiger partial charge in [-0.15, -0.1) is 0 Å². The molecule has 5 nitrogen and oxygen atoms in total. The fourth-order valence-corrected chi connectivity index (χ4v) is 2.02. The monoisotopic (exact) mass is 280 g/mol. The highest BCUT2D eigenvalue weighted by Gasteiger charge is 2.24. The van der Waals surface area contributed by atoms with Gasteiger partial charge in [0.15, 0.2) is 0 Å². The second-order valence-corrected chi connectivity index (χ2v) is 5.13. The third-order valence-corrected chi connectivity index (χ3v) is 3.15. The molecule has 112 valence electrons. The molecule has 0 aromatic heterocycles. The summed E-state index contributed by atoms with van der Waals surface area (Å²) < 4.78 is 5.13. The minimum Gasteiger partial charge on any atom is -0.497 e. The van der Waals surface area contributed by atoms with Gasteiger partial charge in [0.25, 0.3) is 0 Å². The minimum atomic E-state index is -0.576. The first-order valence-electron chi connectivity index (χ1n) is 6.83. The highest BCUT2D eigenvalue weighted by molar-refractivity contribution is 5.74. The van der Waals surface area contributed by atoms with E-state index in [4.69, 9.17) is 4.74 Å². The van der Waals surface area contributed by atoms with Gasteiger partial charge in [0.2, 0.25) is 0 Å². The van der Waals surface area contributed by atoms with Crippen LogP contribution in [0.25, 0.3) is 0 Å². The minimum absolute atomic E-state index is 0.0760. The highest BCUT2D eigenvalue weighted by Crippen LogP contribution is 2.13. The van der Waals surface area contributed by atoms with Crippen molar-refractivity contribution in [3.8, 4) is 5.75 Å². The van der Waals surface area contributed by atoms with Gasteiger partial charge in [-0.25, -0.2) is 4.79 Å². The average molecular weight is 280 g/mol. The quantitative estimate of drug-likeness (QED) is 0.716. The Morgan fingerprint density at radius 2 is 2.20 bits per heavy atom. The Kier molecular flexibility index (Phi) is 6.31. The van der Waals surface area contributed by atoms with Gasteiger partial charge in [-0.05, 0) is 31.0 Å². The second kappa shape index (κ2) is 7.75. The first kappa shape index (κ1) is 16.3. The van der Waals surface area contributed by atoms with Gasteiger partial charge in [-0.2, -0.15) is 0 Å². The molecule has 0 radical (unpaired) electrons. The number of hydrogen-bond donors (Lipinski definition) is 3. The van der Waals surface area contributed by atoms with Crippen LogP contribution in [-0.2, 0) is 6.54 Å². The van der Waals surface area contributed by atoms with E-state index in [2.05, 4.69) is 10.6 Å². The number of aliphatic hydroxyl groups excluding tert-OH is 1. The molecule has 0 spiro atoms. The number of carbonyl (C=O) groups excluding carboxylic acids is 1. The van der Waals surface area contributed by atoms with Crippen LogP contribution in [0.2, 0.25) is 0 Å². The molecule has 0 aliphatic rings. The van der Waals surface area contributed by atoms with E-state index in [0.29, 0.717) is 6.54 Å². The molecule has 0 aliphatic heterocycles. The van der Waals surface area contributed by atoms with Gasteiger partial charge >= 0.3 is 6.03 Å². The van der Waals surface area contributed by atoms with E-state index in [9.17, 15) is 9.90 Å². The Morgan fingerprint density at radius 3 is 2.80 bits per heavy atom. The van der Waals surface area contributed by atoms with Crippen molar-refractivity contribution in [2.24, 2.45) is 0 Å². The van der Waals surface area contributed by atoms with Gasteiger partial charge in [-0.1, -0.05) is 25.5 Å². The third kappa shape index (κ3) is 5.09. The predicted octanol–water partition coefficient (Wildman–Crippen LogP) is 2.05. The fourth-order valence-electron chi connectivity index (χ4n) is 2.02. The van der Waals surface area contributed by atoms with Crippen LogP contribution in [0.5, 0.6) is 5.75 Å². The Labute approximate surface area is 120 Å². The topological polar surface area (TPSA) is 70.6 Å². The molecule has 1 atom stereocenters. The maximum atomic E-state index is 11.9. The Hall–Kier alpha value is -1.75. The number of methoxy groups -OCH3 is 1. The number of urea groups is 1. The lowest BCUT2D eigenvalue weighted by molar-refractivity contribution is 0.163. The summed E-state index contributed by atoms with van der Waals surface area (Å²) in [5.41, 5.74) is 0.383. The van der Waals surface area contributed by atoms with Crippen molar-refractivity contribution in [1.82, 2.24) is 10.6 Å². The number of amides is 2. The van der Waals surface area contributed by atoms with Crippen molar-refractivity contribution >= 4 is 6.03 Å². The summed E-state index contributed by atoms with van der Waals surface area (Å²) >= 11 is 0. The molecule has 0 bridgehead atoms. The van der Waals surface area contributed by atoms with E-state index < -0.39 is 5.54 Å². The number of hydrogen-bond acceptors (Lipinski definition) is 3. The lowest BCUT2D eigenvalue weighted by Gasteiger charge is -2.28. The van der Waals surface area contributed by atoms with E-state index in [1.54, 1.807) is 7.11 Å². The zero-order chi connectivity index (χ0) is 15.0. The average Bonchev–Trinajstić information content (AvgIpc) is 2.45. The fraction of sp³-hybridized carbons (Fsp3) is 0.533. The summed E-state index contributed by atoms with van der Waals surface area (Å²) in [6.07, 6.45) is 1.63. The summed E-state index contributed by atoms with van der Waals surface area (Å²) in [6.45, 7) is 4.19. The molecular formula is C15H24N2O3. The van der Waals surface area contributed by atoms with Crippen molar-refractivity contribution < 1.29 is 14.6 Å². The summed E-state index contributed by atoms with van der Waals surface area (Å²) in [6, 6.07) is 7.24. The lowest BCUT2D eigenvalue weighted by atomic mass is 9.98. The molecule has 1 unspecified atom stereocenters. The van der Waals surface area contributed by atoms with Crippen LogP contribution in [-0.4, -0.2) is 30.4 Å². The maximum Gasteiger partial charge on any atom is 0.315 e. The normalized spacial score (nSPS) is 13.4. The standard InChI is InChI=1S/C15H24N2O3/c1-4-8-15(2,11-18)17-14(19)16-10-12-6-5-7-13(9-12)20-3/h5-7,9,18H,4,8,10-11H2,1-3H3,(H2,16,17,19). The summed E-state index contributed by atoms with van der Waals surface area (Å²) in [7, 11) is 1.61. The van der Waals surface area contributed by atoms with Crippen molar-refractivity contribution in [3.05, 3.63) is 29.8 Å². The molecule has 1 aromatic carbocycles. The van der Waals surface area contributed by atoms with Gasteiger partial charge in [0.1, 0.15) is 5.75 Å². The van der Waals surface area contributed by atoms with Crippen LogP contribution in [0.4, 0.5) is 4.79 Å². The molecule has 1 rings (SSSR count). The molecular weight excluding hydrogens is 256 g/mol. The molecule has 0 aliphatic carbocycles. The molecule has 20 heavy (non-hydrogen) atoms. The first-order valence-corrected chi connectivity index (χ1v) is 6.83. The van der Waals surface area contributed by atoms with Crippen LogP contribution in [0.1, 0.15) is 32.3 Å². The van der Waals surface area contributed by atoms with Crippen molar-refractivity contribution in [2.75, 3.05) is 13.7 Å². The molecule has 3 N–H and O–H groups in total. The number of nitrogens with one attached hydrogen (secondary N) is 2. The van der Waals surface area contributed by atoms with E-state index in [-0.39, 0.29) is 12.6 Å². The van der Waals surface area contributed by atoms with Crippen molar-refractivity contribution in [2.45, 2.75) is 38.8 Å². The molecule has 0 saturated heterocycles. The van der Waals surface area contributed by atoms with E-state index >= 15 is 0 Å². The van der Waals surface area contributed by atoms with Crippen LogP contribution in [0.15, 0.2) is 24.3 Å². The van der Waals surface area contributed by atoms with Crippen LogP contribution < -0.4 is 15.4 Å². The SMILES string of the molecule is CCCC(C)(CO)NC(=O)NCc1cccc(OC)c1. The lowest BCUT2D eigenvalue weighted by Crippen LogP contribution is -2.52. The van der Waals surface area contributed by atoms with E-state index in [1.165, 1.54) is 0 Å². The Morgan fingerprint density at radius 1 is 1.45 bits per heavy atom. The maximum absolute atomic E-state index is 11.9. The van der Waals surface area contributed by atoms with Crippen molar-refractivity contribution in [3.63, 3.8) is 0 Å². The highest BCUT2D eigenvalue weighted by atomic mass is 16.5. The number of rotatable bonds is 7. The number of benzene rings is 1. The van der Waals surface area contributed by atoms with Gasteiger partial charge in [0, 0.05) is 6.54 Å². The second-order valence-electron chi connectivity index (χ2n) is 5.13. The van der Waals surface area contributed by atoms with Crippen LogP contribution in [0.3, 0.4) is 0 Å². The van der Waals surface area contributed by atoms with Gasteiger partial charge in [-0.3, -0.25) is 0 Å². The molecule has 5 heteroatoms. The van der Waals surface area contributed by atoms with E-state index in [1.807, 2.05) is 38.1 Å². The van der Waals surface area contributed by atoms with Gasteiger partial charge in [0.05, 0.1) is 19.3 Å². The van der Waals surface area contributed by atoms with Crippen LogP contribution in [0, 0.1) is 0 Å². The smallest absolute Gasteiger partial charge is 0.315 e. The van der Waals surface area contributed by atoms with Crippen LogP contribution >= 0.6 is 0 Å². The molecule has 1 aromatic rings. The molecule has 0 fully saturated rings. The van der Waals surface area contributed by atoms with Crippen molar-refractivity contribution in [1.29, 1.82) is 0 Å². The molecule has 0 heterocycles. The first-order chi connectivity index (χ1) is 9.53.